The zero-order valence-corrected chi connectivity index (χ0v) is 15.1. The maximum Gasteiger partial charge on any atom is 0.197 e. The number of thioether (sulfide) groups is 1. The monoisotopic (exact) mass is 370 g/mol. The average molecular weight is 371 g/mol. The minimum atomic E-state index is 0.289. The molecule has 0 saturated carbocycles. The molecule has 0 spiro atoms. The third-order valence-electron chi connectivity index (χ3n) is 3.42. The minimum absolute atomic E-state index is 0.289. The van der Waals surface area contributed by atoms with Gasteiger partial charge < -0.3 is 4.74 Å². The van der Waals surface area contributed by atoms with E-state index in [4.69, 9.17) is 21.6 Å². The molecule has 1 aromatic heterocycles. The summed E-state index contributed by atoms with van der Waals surface area (Å²) in [6.45, 7) is 2.56. The predicted octanol–water partition coefficient (Wildman–Crippen LogP) is 4.60. The summed E-state index contributed by atoms with van der Waals surface area (Å²) in [6.07, 6.45) is 0. The summed E-state index contributed by atoms with van der Waals surface area (Å²) in [4.78, 5) is 0. The quantitative estimate of drug-likeness (QED) is 0.593. The van der Waals surface area contributed by atoms with Crippen molar-refractivity contribution < 1.29 is 4.74 Å². The summed E-state index contributed by atoms with van der Waals surface area (Å²) in [5, 5.41) is 18.7. The Hall–Kier alpha value is -2.49. The van der Waals surface area contributed by atoms with Gasteiger partial charge in [-0.3, -0.25) is 4.57 Å². The molecule has 0 unspecified atom stereocenters. The molecule has 25 heavy (non-hydrogen) atoms. The van der Waals surface area contributed by atoms with Gasteiger partial charge in [0.1, 0.15) is 5.75 Å². The molecule has 0 amide bonds. The zero-order valence-electron chi connectivity index (χ0n) is 13.5. The first-order valence-electron chi connectivity index (χ1n) is 7.68. The van der Waals surface area contributed by atoms with E-state index < -0.39 is 0 Å². The number of ether oxygens (including phenoxy) is 1. The van der Waals surface area contributed by atoms with Crippen molar-refractivity contribution in [2.24, 2.45) is 0 Å². The van der Waals surface area contributed by atoms with Gasteiger partial charge in [0.15, 0.2) is 11.0 Å². The van der Waals surface area contributed by atoms with Crippen LogP contribution in [0.5, 0.6) is 5.75 Å². The number of hydrogen-bond donors (Lipinski definition) is 0. The van der Waals surface area contributed by atoms with E-state index in [9.17, 15) is 0 Å². The van der Waals surface area contributed by atoms with Crippen molar-refractivity contribution in [1.29, 1.82) is 5.26 Å². The molecule has 1 heterocycles. The molecule has 0 aliphatic heterocycles. The van der Waals surface area contributed by atoms with Gasteiger partial charge in [0.25, 0.3) is 0 Å². The molecule has 0 bridgehead atoms. The molecule has 126 valence electrons. The topological polar surface area (TPSA) is 63.7 Å². The van der Waals surface area contributed by atoms with Crippen LogP contribution in [0.3, 0.4) is 0 Å². The zero-order chi connectivity index (χ0) is 17.6. The lowest BCUT2D eigenvalue weighted by atomic mass is 10.2. The first kappa shape index (κ1) is 17.3. The van der Waals surface area contributed by atoms with Gasteiger partial charge in [0, 0.05) is 11.3 Å². The Morgan fingerprint density at radius 2 is 1.92 bits per heavy atom. The molecule has 3 rings (SSSR count). The van der Waals surface area contributed by atoms with Crippen LogP contribution < -0.4 is 4.74 Å². The van der Waals surface area contributed by atoms with Crippen LogP contribution >= 0.6 is 23.4 Å². The minimum Gasteiger partial charge on any atom is -0.494 e. The number of benzene rings is 2. The summed E-state index contributed by atoms with van der Waals surface area (Å²) in [5.74, 6) is 1.72. The fraction of sp³-hybridized carbons (Fsp3) is 0.167. The lowest BCUT2D eigenvalue weighted by molar-refractivity contribution is 0.340. The lowest BCUT2D eigenvalue weighted by Crippen LogP contribution is -2.00. The van der Waals surface area contributed by atoms with Gasteiger partial charge in [-0.1, -0.05) is 35.5 Å². The van der Waals surface area contributed by atoms with Crippen molar-refractivity contribution in [3.63, 3.8) is 0 Å². The molecule has 3 aromatic rings. The van der Waals surface area contributed by atoms with Crippen LogP contribution in [0, 0.1) is 11.3 Å². The number of hydrogen-bond acceptors (Lipinski definition) is 5. The van der Waals surface area contributed by atoms with Crippen molar-refractivity contribution >= 4 is 23.4 Å². The average Bonchev–Trinajstić information content (AvgIpc) is 3.05. The largest absolute Gasteiger partial charge is 0.494 e. The Morgan fingerprint density at radius 1 is 1.16 bits per heavy atom. The lowest BCUT2D eigenvalue weighted by Gasteiger charge is -2.11. The van der Waals surface area contributed by atoms with Crippen molar-refractivity contribution in [3.05, 3.63) is 53.6 Å². The molecule has 0 aliphatic rings. The van der Waals surface area contributed by atoms with Crippen molar-refractivity contribution in [1.82, 2.24) is 14.8 Å². The van der Waals surface area contributed by atoms with E-state index in [1.807, 2.05) is 60.0 Å². The van der Waals surface area contributed by atoms with E-state index in [1.165, 1.54) is 11.8 Å². The molecule has 0 atom stereocenters. The van der Waals surface area contributed by atoms with Gasteiger partial charge in [-0.2, -0.15) is 5.26 Å². The number of rotatable bonds is 6. The number of nitriles is 1. The van der Waals surface area contributed by atoms with Crippen LogP contribution in [0.2, 0.25) is 5.02 Å². The highest BCUT2D eigenvalue weighted by Gasteiger charge is 2.18. The van der Waals surface area contributed by atoms with Gasteiger partial charge >= 0.3 is 0 Å². The van der Waals surface area contributed by atoms with Gasteiger partial charge in [0.05, 0.1) is 23.5 Å². The molecular weight excluding hydrogens is 356 g/mol. The highest BCUT2D eigenvalue weighted by molar-refractivity contribution is 7.99. The smallest absolute Gasteiger partial charge is 0.197 e. The van der Waals surface area contributed by atoms with E-state index in [1.54, 1.807) is 0 Å². The SMILES string of the molecule is CCOc1ccc(-n2c(SCC#N)nnc2-c2ccccc2Cl)cc1. The van der Waals surface area contributed by atoms with Crippen LogP contribution in [0.4, 0.5) is 0 Å². The molecule has 0 aliphatic carbocycles. The predicted molar refractivity (Wildman–Crippen MR) is 99.3 cm³/mol. The second kappa shape index (κ2) is 8.06. The summed E-state index contributed by atoms with van der Waals surface area (Å²) < 4.78 is 7.40. The normalized spacial score (nSPS) is 10.4. The molecule has 5 nitrogen and oxygen atoms in total. The molecular formula is C18H15ClN4OS. The first-order chi connectivity index (χ1) is 12.2. The summed E-state index contributed by atoms with van der Waals surface area (Å²) >= 11 is 7.67. The fourth-order valence-electron chi connectivity index (χ4n) is 2.37. The Balaban J connectivity index is 2.10. The summed E-state index contributed by atoms with van der Waals surface area (Å²) in [5.41, 5.74) is 1.66. The Morgan fingerprint density at radius 3 is 2.60 bits per heavy atom. The van der Waals surface area contributed by atoms with Crippen LogP contribution in [0.25, 0.3) is 17.1 Å². The maximum atomic E-state index is 8.89. The summed E-state index contributed by atoms with van der Waals surface area (Å²) in [7, 11) is 0. The van der Waals surface area contributed by atoms with Gasteiger partial charge in [0.2, 0.25) is 0 Å². The van der Waals surface area contributed by atoms with Crippen molar-refractivity contribution in [3.8, 4) is 28.9 Å². The van der Waals surface area contributed by atoms with E-state index in [2.05, 4.69) is 16.3 Å². The van der Waals surface area contributed by atoms with Crippen LogP contribution in [0.15, 0.2) is 53.7 Å². The molecule has 0 radical (unpaired) electrons. The van der Waals surface area contributed by atoms with Gasteiger partial charge in [-0.05, 0) is 43.3 Å². The molecule has 0 N–H and O–H groups in total. The molecule has 0 fully saturated rings. The van der Waals surface area contributed by atoms with Crippen LogP contribution in [0.1, 0.15) is 6.92 Å². The third-order valence-corrected chi connectivity index (χ3v) is 4.55. The maximum absolute atomic E-state index is 8.89. The second-order valence-electron chi connectivity index (χ2n) is 5.00. The van der Waals surface area contributed by atoms with Crippen molar-refractivity contribution in [2.45, 2.75) is 12.1 Å². The Kier molecular flexibility index (Phi) is 5.59. The van der Waals surface area contributed by atoms with E-state index in [0.717, 1.165) is 17.0 Å². The van der Waals surface area contributed by atoms with Crippen molar-refractivity contribution in [2.75, 3.05) is 12.4 Å². The van der Waals surface area contributed by atoms with Gasteiger partial charge in [-0.15, -0.1) is 10.2 Å². The first-order valence-corrected chi connectivity index (χ1v) is 9.04. The van der Waals surface area contributed by atoms with Crippen LogP contribution in [-0.2, 0) is 0 Å². The molecule has 0 saturated heterocycles. The molecule has 7 heteroatoms. The van der Waals surface area contributed by atoms with E-state index in [0.29, 0.717) is 22.6 Å². The number of nitrogens with zero attached hydrogens (tertiary/aromatic N) is 4. The van der Waals surface area contributed by atoms with Crippen LogP contribution in [-0.4, -0.2) is 27.1 Å². The Bertz CT molecular complexity index is 902. The summed E-state index contributed by atoms with van der Waals surface area (Å²) in [6, 6.07) is 17.3. The standard InChI is InChI=1S/C18H15ClN4OS/c1-2-24-14-9-7-13(8-10-14)23-17(15-5-3-4-6-16(15)19)21-22-18(23)25-12-11-20/h3-10H,2,12H2,1H3. The molecule has 2 aromatic carbocycles. The fourth-order valence-corrected chi connectivity index (χ4v) is 3.20. The van der Waals surface area contributed by atoms with E-state index in [-0.39, 0.29) is 5.75 Å². The third kappa shape index (κ3) is 3.78. The van der Waals surface area contributed by atoms with E-state index >= 15 is 0 Å². The van der Waals surface area contributed by atoms with Gasteiger partial charge in [-0.25, -0.2) is 0 Å². The number of halogens is 1. The second-order valence-corrected chi connectivity index (χ2v) is 6.34. The highest BCUT2D eigenvalue weighted by Crippen LogP contribution is 2.32. The Labute approximate surface area is 155 Å². The number of aromatic nitrogens is 3. The highest BCUT2D eigenvalue weighted by atomic mass is 35.5.